The lowest BCUT2D eigenvalue weighted by Gasteiger charge is -2.02. The fraction of sp³-hybridized carbons (Fsp3) is 0.273. The second-order valence-corrected chi connectivity index (χ2v) is 3.68. The molecule has 0 N–H and O–H groups in total. The van der Waals surface area contributed by atoms with Crippen LogP contribution in [0.15, 0.2) is 21.3 Å². The van der Waals surface area contributed by atoms with Gasteiger partial charge in [-0.15, -0.1) is 0 Å². The van der Waals surface area contributed by atoms with Crippen LogP contribution in [0.2, 0.25) is 0 Å². The number of rotatable bonds is 1. The highest BCUT2D eigenvalue weighted by Crippen LogP contribution is 2.35. The second-order valence-electron chi connectivity index (χ2n) is 3.68. The summed E-state index contributed by atoms with van der Waals surface area (Å²) >= 11 is 0. The first-order chi connectivity index (χ1) is 8.15. The van der Waals surface area contributed by atoms with Crippen LogP contribution in [0.3, 0.4) is 0 Å². The minimum Gasteiger partial charge on any atom is -0.454 e. The van der Waals surface area contributed by atoms with Gasteiger partial charge in [0.25, 0.3) is 0 Å². The molecule has 1 unspecified atom stereocenters. The highest BCUT2D eigenvalue weighted by molar-refractivity contribution is 5.77. The van der Waals surface area contributed by atoms with Gasteiger partial charge in [0.15, 0.2) is 22.8 Å². The molecule has 0 saturated heterocycles. The van der Waals surface area contributed by atoms with Crippen LogP contribution in [-0.2, 0) is 0 Å². The summed E-state index contributed by atoms with van der Waals surface area (Å²) in [7, 11) is 0. The largest absolute Gasteiger partial charge is 0.454 e. The fourth-order valence-corrected chi connectivity index (χ4v) is 1.66. The van der Waals surface area contributed by atoms with Crippen LogP contribution in [0.25, 0.3) is 11.1 Å². The smallest absolute Gasteiger partial charge is 0.361 e. The molecule has 1 aromatic heterocycles. The average Bonchev–Trinajstić information content (AvgIpc) is 2.71. The molecule has 1 aliphatic rings. The topological polar surface area (TPSA) is 61.6 Å². The first kappa shape index (κ1) is 10.1. The molecule has 1 aromatic carbocycles. The summed E-state index contributed by atoms with van der Waals surface area (Å²) in [4.78, 5) is 15.4. The zero-order valence-corrected chi connectivity index (χ0v) is 8.90. The van der Waals surface area contributed by atoms with Crippen molar-refractivity contribution < 1.29 is 18.3 Å². The molecule has 6 heteroatoms. The summed E-state index contributed by atoms with van der Waals surface area (Å²) in [5.41, 5.74) is -0.389. The molecule has 0 fully saturated rings. The number of hydrogen-bond acceptors (Lipinski definition) is 5. The molecule has 0 radical (unpaired) electrons. The minimum absolute atomic E-state index is 0.113. The summed E-state index contributed by atoms with van der Waals surface area (Å²) in [5, 5.41) is 0. The number of hydrogen-bond donors (Lipinski definition) is 0. The van der Waals surface area contributed by atoms with E-state index in [2.05, 4.69) is 4.98 Å². The van der Waals surface area contributed by atoms with E-state index in [0.717, 1.165) is 0 Å². The van der Waals surface area contributed by atoms with Crippen molar-refractivity contribution >= 4 is 11.1 Å². The molecule has 17 heavy (non-hydrogen) atoms. The van der Waals surface area contributed by atoms with E-state index >= 15 is 0 Å². The normalized spacial score (nSPS) is 15.2. The van der Waals surface area contributed by atoms with E-state index in [1.165, 1.54) is 13.0 Å². The third kappa shape index (κ3) is 1.52. The van der Waals surface area contributed by atoms with Crippen LogP contribution < -0.4 is 15.1 Å². The molecule has 2 aromatic rings. The maximum Gasteiger partial charge on any atom is 0.361 e. The maximum atomic E-state index is 13.1. The van der Waals surface area contributed by atoms with E-state index < -0.39 is 11.8 Å². The molecule has 88 valence electrons. The molecule has 2 heterocycles. The van der Waals surface area contributed by atoms with Crippen molar-refractivity contribution in [2.24, 2.45) is 0 Å². The third-order valence-corrected chi connectivity index (χ3v) is 2.48. The van der Waals surface area contributed by atoms with Gasteiger partial charge in [-0.05, 0) is 6.92 Å². The Morgan fingerprint density at radius 1 is 1.35 bits per heavy atom. The molecule has 3 rings (SSSR count). The molecule has 0 saturated carbocycles. The van der Waals surface area contributed by atoms with Crippen LogP contribution in [0, 0.1) is 0 Å². The lowest BCUT2D eigenvalue weighted by molar-refractivity contribution is 0.174. The van der Waals surface area contributed by atoms with Crippen molar-refractivity contribution in [3.05, 3.63) is 28.2 Å². The van der Waals surface area contributed by atoms with Gasteiger partial charge in [0, 0.05) is 12.1 Å². The highest BCUT2D eigenvalue weighted by Gasteiger charge is 2.19. The molecule has 0 aliphatic carbocycles. The first-order valence-corrected chi connectivity index (χ1v) is 5.03. The predicted molar refractivity (Wildman–Crippen MR) is 55.9 cm³/mol. The van der Waals surface area contributed by atoms with Crippen molar-refractivity contribution in [2.45, 2.75) is 13.1 Å². The van der Waals surface area contributed by atoms with Crippen molar-refractivity contribution in [1.29, 1.82) is 0 Å². The third-order valence-electron chi connectivity index (χ3n) is 2.48. The summed E-state index contributed by atoms with van der Waals surface area (Å²) in [6.07, 6.45) is -1.47. The van der Waals surface area contributed by atoms with Gasteiger partial charge in [-0.25, -0.2) is 14.2 Å². The molecular formula is C11H8FNO4. The molecule has 1 atom stereocenters. The van der Waals surface area contributed by atoms with Gasteiger partial charge in [0.05, 0.1) is 0 Å². The van der Waals surface area contributed by atoms with Gasteiger partial charge in [-0.3, -0.25) is 0 Å². The van der Waals surface area contributed by atoms with E-state index in [0.29, 0.717) is 17.0 Å². The second kappa shape index (κ2) is 3.44. The summed E-state index contributed by atoms with van der Waals surface area (Å²) in [5.74, 6) is 1.000. The van der Waals surface area contributed by atoms with E-state index in [1.54, 1.807) is 6.07 Å². The minimum atomic E-state index is -1.47. The Hall–Kier alpha value is -2.11. The van der Waals surface area contributed by atoms with Gasteiger partial charge >= 0.3 is 5.63 Å². The summed E-state index contributed by atoms with van der Waals surface area (Å²) in [6, 6.07) is 3.07. The van der Waals surface area contributed by atoms with E-state index in [4.69, 9.17) is 13.9 Å². The molecular weight excluding hydrogens is 229 g/mol. The zero-order chi connectivity index (χ0) is 12.0. The lowest BCUT2D eigenvalue weighted by Crippen LogP contribution is -2.11. The average molecular weight is 237 g/mol. The molecule has 5 nitrogen and oxygen atoms in total. The van der Waals surface area contributed by atoms with E-state index in [9.17, 15) is 9.18 Å². The number of ether oxygens (including phenoxy) is 2. The van der Waals surface area contributed by atoms with Crippen LogP contribution >= 0.6 is 0 Å². The standard InChI is InChI=1S/C11H8FNO4/c1-5(12)10-11(14)17-7-3-9-8(15-4-16-9)2-6(7)13-10/h2-3,5H,4H2,1H3. The van der Waals surface area contributed by atoms with Gasteiger partial charge in [0.2, 0.25) is 6.79 Å². The van der Waals surface area contributed by atoms with Crippen molar-refractivity contribution in [3.63, 3.8) is 0 Å². The van der Waals surface area contributed by atoms with Gasteiger partial charge in [-0.1, -0.05) is 0 Å². The first-order valence-electron chi connectivity index (χ1n) is 5.03. The Labute approximate surface area is 94.8 Å². The lowest BCUT2D eigenvalue weighted by atomic mass is 10.2. The molecule has 0 spiro atoms. The number of fused-ring (bicyclic) bond motifs is 2. The highest BCUT2D eigenvalue weighted by atomic mass is 19.1. The Bertz CT molecular complexity index is 650. The van der Waals surface area contributed by atoms with Crippen LogP contribution in [0.4, 0.5) is 4.39 Å². The number of halogens is 1. The predicted octanol–water partition coefficient (Wildman–Crippen LogP) is 1.95. The van der Waals surface area contributed by atoms with Gasteiger partial charge in [0.1, 0.15) is 11.7 Å². The van der Waals surface area contributed by atoms with Gasteiger partial charge in [-0.2, -0.15) is 0 Å². The Kier molecular flexibility index (Phi) is 2.04. The van der Waals surface area contributed by atoms with Gasteiger partial charge < -0.3 is 13.9 Å². The Morgan fingerprint density at radius 2 is 2.06 bits per heavy atom. The molecule has 0 bridgehead atoms. The summed E-state index contributed by atoms with van der Waals surface area (Å²) in [6.45, 7) is 1.35. The fourth-order valence-electron chi connectivity index (χ4n) is 1.66. The van der Waals surface area contributed by atoms with E-state index in [-0.39, 0.29) is 18.1 Å². The number of benzene rings is 1. The van der Waals surface area contributed by atoms with E-state index in [1.807, 2.05) is 0 Å². The SMILES string of the molecule is CC(F)c1nc2cc3c(cc2oc1=O)OCO3. The quantitative estimate of drug-likeness (QED) is 0.758. The number of aromatic nitrogens is 1. The Morgan fingerprint density at radius 3 is 2.76 bits per heavy atom. The number of alkyl halides is 1. The maximum absolute atomic E-state index is 13.1. The van der Waals surface area contributed by atoms with Crippen molar-refractivity contribution in [3.8, 4) is 11.5 Å². The van der Waals surface area contributed by atoms with Crippen LogP contribution in [0.1, 0.15) is 18.8 Å². The number of nitrogens with zero attached hydrogens (tertiary/aromatic N) is 1. The summed E-state index contributed by atoms with van der Waals surface area (Å²) < 4.78 is 28.4. The monoisotopic (exact) mass is 237 g/mol. The van der Waals surface area contributed by atoms with Crippen molar-refractivity contribution in [2.75, 3.05) is 6.79 Å². The van der Waals surface area contributed by atoms with Crippen LogP contribution in [0.5, 0.6) is 11.5 Å². The molecule has 0 amide bonds. The van der Waals surface area contributed by atoms with Crippen LogP contribution in [-0.4, -0.2) is 11.8 Å². The zero-order valence-electron chi connectivity index (χ0n) is 8.90. The Balaban J connectivity index is 2.29. The molecule has 1 aliphatic heterocycles. The van der Waals surface area contributed by atoms with Crippen molar-refractivity contribution in [1.82, 2.24) is 4.98 Å².